The summed E-state index contributed by atoms with van der Waals surface area (Å²) in [5, 5.41) is 6.77. The van der Waals surface area contributed by atoms with Crippen LogP contribution in [-0.2, 0) is 7.05 Å². The van der Waals surface area contributed by atoms with Gasteiger partial charge in [-0.25, -0.2) is 0 Å². The predicted octanol–water partition coefficient (Wildman–Crippen LogP) is 2.50. The Morgan fingerprint density at radius 1 is 1.53 bits per heavy atom. The third-order valence-corrected chi connectivity index (χ3v) is 3.37. The molecule has 0 aliphatic rings. The Hall–Kier alpha value is -1.14. The Morgan fingerprint density at radius 2 is 2.33 bits per heavy atom. The fourth-order valence-corrected chi connectivity index (χ4v) is 2.38. The lowest BCUT2D eigenvalue weighted by Gasteiger charge is -1.97. The molecule has 0 aliphatic carbocycles. The van der Waals surface area contributed by atoms with Crippen molar-refractivity contribution in [3.63, 3.8) is 0 Å². The van der Waals surface area contributed by atoms with Gasteiger partial charge in [0.2, 0.25) is 0 Å². The summed E-state index contributed by atoms with van der Waals surface area (Å²) in [5.74, 6) is 0.427. The highest BCUT2D eigenvalue weighted by Crippen LogP contribution is 2.22. The van der Waals surface area contributed by atoms with Gasteiger partial charge in [0, 0.05) is 19.3 Å². The van der Waals surface area contributed by atoms with Crippen molar-refractivity contribution in [2.45, 2.75) is 0 Å². The maximum Gasteiger partial charge on any atom is 0.266 e. The number of halogens is 1. The minimum atomic E-state index is -0.135. The number of aromatic nitrogens is 2. The second-order valence-electron chi connectivity index (χ2n) is 2.93. The number of nitrogens with zero attached hydrogens (tertiary/aromatic N) is 2. The first-order chi connectivity index (χ1) is 7.15. The first-order valence-corrected chi connectivity index (χ1v) is 5.82. The standard InChI is InChI=1S/C9H8BrN3OS/c1-13-5-4-8(12-13)11-9(14)6-2-3-7(10)15-6/h2-5H,1H3,(H,11,12,14). The molecule has 2 heterocycles. The van der Waals surface area contributed by atoms with Crippen LogP contribution in [0.4, 0.5) is 5.82 Å². The average Bonchev–Trinajstić information content (AvgIpc) is 2.75. The molecule has 0 saturated heterocycles. The minimum Gasteiger partial charge on any atom is -0.304 e. The number of carbonyl (C=O) groups is 1. The summed E-state index contributed by atoms with van der Waals surface area (Å²) in [4.78, 5) is 12.3. The molecule has 1 amide bonds. The van der Waals surface area contributed by atoms with Gasteiger partial charge in [-0.3, -0.25) is 9.48 Å². The van der Waals surface area contributed by atoms with E-state index in [2.05, 4.69) is 26.3 Å². The van der Waals surface area contributed by atoms with E-state index in [9.17, 15) is 4.79 Å². The molecule has 0 saturated carbocycles. The fraction of sp³-hybridized carbons (Fsp3) is 0.111. The van der Waals surface area contributed by atoms with Crippen molar-refractivity contribution >= 4 is 39.0 Å². The lowest BCUT2D eigenvalue weighted by Crippen LogP contribution is -2.10. The van der Waals surface area contributed by atoms with Crippen LogP contribution in [-0.4, -0.2) is 15.7 Å². The second kappa shape index (κ2) is 4.16. The summed E-state index contributed by atoms with van der Waals surface area (Å²) in [6.07, 6.45) is 1.78. The van der Waals surface area contributed by atoms with E-state index in [1.54, 1.807) is 30.1 Å². The van der Waals surface area contributed by atoms with E-state index < -0.39 is 0 Å². The second-order valence-corrected chi connectivity index (χ2v) is 5.40. The van der Waals surface area contributed by atoms with Gasteiger partial charge in [-0.1, -0.05) is 0 Å². The number of thiophene rings is 1. The zero-order chi connectivity index (χ0) is 10.8. The van der Waals surface area contributed by atoms with Crippen LogP contribution < -0.4 is 5.32 Å². The van der Waals surface area contributed by atoms with Gasteiger partial charge in [0.05, 0.1) is 8.66 Å². The monoisotopic (exact) mass is 285 g/mol. The van der Waals surface area contributed by atoms with Crippen molar-refractivity contribution in [1.82, 2.24) is 9.78 Å². The van der Waals surface area contributed by atoms with Gasteiger partial charge in [-0.2, -0.15) is 5.10 Å². The molecule has 2 aromatic heterocycles. The van der Waals surface area contributed by atoms with Crippen LogP contribution in [0.5, 0.6) is 0 Å². The van der Waals surface area contributed by atoms with Gasteiger partial charge in [0.25, 0.3) is 5.91 Å². The van der Waals surface area contributed by atoms with Crippen LogP contribution >= 0.6 is 27.3 Å². The van der Waals surface area contributed by atoms with E-state index in [-0.39, 0.29) is 5.91 Å². The number of nitrogens with one attached hydrogen (secondary N) is 1. The molecule has 0 aromatic carbocycles. The number of rotatable bonds is 2. The molecule has 0 spiro atoms. The molecule has 6 heteroatoms. The van der Waals surface area contributed by atoms with E-state index in [0.29, 0.717) is 10.7 Å². The highest BCUT2D eigenvalue weighted by atomic mass is 79.9. The molecular formula is C9H8BrN3OS. The molecule has 2 aromatic rings. The molecular weight excluding hydrogens is 278 g/mol. The Morgan fingerprint density at radius 3 is 2.87 bits per heavy atom. The van der Waals surface area contributed by atoms with Crippen LogP contribution in [0.2, 0.25) is 0 Å². The zero-order valence-electron chi connectivity index (χ0n) is 7.90. The highest BCUT2D eigenvalue weighted by Gasteiger charge is 2.09. The van der Waals surface area contributed by atoms with Gasteiger partial charge in [0.15, 0.2) is 5.82 Å². The Kier molecular flexibility index (Phi) is 2.88. The summed E-state index contributed by atoms with van der Waals surface area (Å²) < 4.78 is 2.58. The quantitative estimate of drug-likeness (QED) is 0.922. The van der Waals surface area contributed by atoms with Crippen molar-refractivity contribution in [2.75, 3.05) is 5.32 Å². The molecule has 15 heavy (non-hydrogen) atoms. The third-order valence-electron chi connectivity index (χ3n) is 1.75. The van der Waals surface area contributed by atoms with Crippen LogP contribution in [0.15, 0.2) is 28.2 Å². The van der Waals surface area contributed by atoms with Gasteiger partial charge in [-0.15, -0.1) is 11.3 Å². The Labute approximate surface area is 99.0 Å². The van der Waals surface area contributed by atoms with Crippen molar-refractivity contribution in [3.8, 4) is 0 Å². The minimum absolute atomic E-state index is 0.135. The smallest absolute Gasteiger partial charge is 0.266 e. The third kappa shape index (κ3) is 2.45. The lowest BCUT2D eigenvalue weighted by molar-refractivity contribution is 0.103. The number of hydrogen-bond donors (Lipinski definition) is 1. The number of carbonyl (C=O) groups excluding carboxylic acids is 1. The fourth-order valence-electron chi connectivity index (χ4n) is 1.10. The van der Waals surface area contributed by atoms with E-state index in [1.807, 2.05) is 6.07 Å². The Bertz CT molecular complexity index is 491. The van der Waals surface area contributed by atoms with Gasteiger partial charge < -0.3 is 5.32 Å². The molecule has 0 bridgehead atoms. The molecule has 0 radical (unpaired) electrons. The normalized spacial score (nSPS) is 10.3. The molecule has 4 nitrogen and oxygen atoms in total. The largest absolute Gasteiger partial charge is 0.304 e. The van der Waals surface area contributed by atoms with Crippen molar-refractivity contribution in [2.24, 2.45) is 7.05 Å². The van der Waals surface area contributed by atoms with E-state index in [1.165, 1.54) is 11.3 Å². The maximum absolute atomic E-state index is 11.7. The topological polar surface area (TPSA) is 46.9 Å². The lowest BCUT2D eigenvalue weighted by atomic mass is 10.4. The van der Waals surface area contributed by atoms with Crippen molar-refractivity contribution in [1.29, 1.82) is 0 Å². The summed E-state index contributed by atoms with van der Waals surface area (Å²) in [5.41, 5.74) is 0. The summed E-state index contributed by atoms with van der Waals surface area (Å²) in [6.45, 7) is 0. The highest BCUT2D eigenvalue weighted by molar-refractivity contribution is 9.11. The molecule has 2 rings (SSSR count). The first-order valence-electron chi connectivity index (χ1n) is 4.21. The Balaban J connectivity index is 2.10. The summed E-state index contributed by atoms with van der Waals surface area (Å²) in [6, 6.07) is 5.37. The first kappa shape index (κ1) is 10.4. The van der Waals surface area contributed by atoms with Gasteiger partial charge in [-0.05, 0) is 28.1 Å². The summed E-state index contributed by atoms with van der Waals surface area (Å²) in [7, 11) is 1.80. The summed E-state index contributed by atoms with van der Waals surface area (Å²) >= 11 is 4.70. The molecule has 0 fully saturated rings. The van der Waals surface area contributed by atoms with E-state index in [0.717, 1.165) is 3.79 Å². The predicted molar refractivity (Wildman–Crippen MR) is 63.2 cm³/mol. The number of aryl methyl sites for hydroxylation is 1. The maximum atomic E-state index is 11.7. The average molecular weight is 286 g/mol. The molecule has 0 unspecified atom stereocenters. The van der Waals surface area contributed by atoms with Crippen LogP contribution in [0, 0.1) is 0 Å². The van der Waals surface area contributed by atoms with Crippen LogP contribution in [0.25, 0.3) is 0 Å². The number of hydrogen-bond acceptors (Lipinski definition) is 3. The number of anilines is 1. The van der Waals surface area contributed by atoms with Gasteiger partial charge >= 0.3 is 0 Å². The SMILES string of the molecule is Cn1ccc(NC(=O)c2ccc(Br)s2)n1. The van der Waals surface area contributed by atoms with E-state index in [4.69, 9.17) is 0 Å². The zero-order valence-corrected chi connectivity index (χ0v) is 10.3. The van der Waals surface area contributed by atoms with Crippen LogP contribution in [0.1, 0.15) is 9.67 Å². The van der Waals surface area contributed by atoms with E-state index >= 15 is 0 Å². The van der Waals surface area contributed by atoms with Crippen molar-refractivity contribution < 1.29 is 4.79 Å². The van der Waals surface area contributed by atoms with Gasteiger partial charge in [0.1, 0.15) is 0 Å². The molecule has 0 aliphatic heterocycles. The molecule has 0 atom stereocenters. The van der Waals surface area contributed by atoms with Crippen molar-refractivity contribution in [3.05, 3.63) is 33.1 Å². The van der Waals surface area contributed by atoms with Crippen LogP contribution in [0.3, 0.4) is 0 Å². The molecule has 78 valence electrons. The molecule has 1 N–H and O–H groups in total. The number of amides is 1.